The Hall–Kier alpha value is -2.34. The van der Waals surface area contributed by atoms with Gasteiger partial charge in [0, 0.05) is 50.8 Å². The van der Waals surface area contributed by atoms with E-state index in [9.17, 15) is 9.59 Å². The average molecular weight is 318 g/mol. The van der Waals surface area contributed by atoms with E-state index in [1.54, 1.807) is 19.1 Å². The number of benzene rings is 1. The minimum absolute atomic E-state index is 0.0627. The van der Waals surface area contributed by atoms with Crippen LogP contribution in [0.25, 0.3) is 10.9 Å². The summed E-state index contributed by atoms with van der Waals surface area (Å²) in [5.74, 6) is -0.940. The number of nitrogens with zero attached hydrogens (tertiary/aromatic N) is 2. The molecule has 0 saturated carbocycles. The number of carboxylic acid groups (broad SMARTS) is 1. The van der Waals surface area contributed by atoms with E-state index >= 15 is 0 Å². The van der Waals surface area contributed by atoms with Crippen LogP contribution in [0.3, 0.4) is 0 Å². The van der Waals surface area contributed by atoms with Crippen LogP contribution >= 0.6 is 0 Å². The number of carbonyl (C=O) groups is 2. The van der Waals surface area contributed by atoms with Crippen molar-refractivity contribution < 1.29 is 19.4 Å². The van der Waals surface area contributed by atoms with Gasteiger partial charge in [-0.25, -0.2) is 0 Å². The van der Waals surface area contributed by atoms with E-state index in [1.807, 2.05) is 35.0 Å². The van der Waals surface area contributed by atoms with Crippen LogP contribution < -0.4 is 0 Å². The van der Waals surface area contributed by atoms with Gasteiger partial charge in [0.25, 0.3) is 5.91 Å². The Labute approximate surface area is 135 Å². The minimum atomic E-state index is -0.845. The average Bonchev–Trinajstić information content (AvgIpc) is 2.90. The zero-order valence-corrected chi connectivity index (χ0v) is 13.5. The van der Waals surface area contributed by atoms with Gasteiger partial charge in [-0.1, -0.05) is 18.2 Å². The third-order valence-corrected chi connectivity index (χ3v) is 3.79. The summed E-state index contributed by atoms with van der Waals surface area (Å²) in [5.41, 5.74) is 1.63. The number of ether oxygens (including phenoxy) is 1. The zero-order chi connectivity index (χ0) is 16.8. The number of methoxy groups -OCH3 is 1. The molecule has 0 aliphatic carbocycles. The fourth-order valence-electron chi connectivity index (χ4n) is 2.57. The van der Waals surface area contributed by atoms with Crippen LogP contribution in [-0.4, -0.2) is 53.8 Å². The molecule has 0 atom stereocenters. The first-order chi connectivity index (χ1) is 11.0. The lowest BCUT2D eigenvalue weighted by atomic mass is 10.1. The molecule has 6 heteroatoms. The maximum atomic E-state index is 12.7. The van der Waals surface area contributed by atoms with E-state index in [1.165, 1.54) is 0 Å². The highest BCUT2D eigenvalue weighted by Crippen LogP contribution is 2.22. The summed E-state index contributed by atoms with van der Waals surface area (Å²) < 4.78 is 7.13. The second-order valence-electron chi connectivity index (χ2n) is 5.47. The van der Waals surface area contributed by atoms with Crippen molar-refractivity contribution in [3.63, 3.8) is 0 Å². The highest BCUT2D eigenvalue weighted by atomic mass is 16.5. The standard InChI is InChI=1S/C17H22N2O4/c1-18(9-5-8-16(20)21)17(22)14-12-19(10-11-23-2)15-7-4-3-6-13(14)15/h3-4,6-7,12H,5,8-11H2,1-2H3,(H,20,21). The number of fused-ring (bicyclic) bond motifs is 1. The minimum Gasteiger partial charge on any atom is -0.481 e. The Morgan fingerprint density at radius 3 is 2.74 bits per heavy atom. The van der Waals surface area contributed by atoms with Gasteiger partial charge in [0.15, 0.2) is 0 Å². The quantitative estimate of drug-likeness (QED) is 0.810. The number of carbonyl (C=O) groups excluding carboxylic acids is 1. The fraction of sp³-hybridized carbons (Fsp3) is 0.412. The number of hydrogen-bond acceptors (Lipinski definition) is 3. The second kappa shape index (κ2) is 7.78. The third-order valence-electron chi connectivity index (χ3n) is 3.79. The smallest absolute Gasteiger partial charge is 0.303 e. The van der Waals surface area contributed by atoms with E-state index in [0.29, 0.717) is 31.7 Å². The lowest BCUT2D eigenvalue weighted by molar-refractivity contribution is -0.137. The van der Waals surface area contributed by atoms with Crippen LogP contribution in [0.4, 0.5) is 0 Å². The summed E-state index contributed by atoms with van der Waals surface area (Å²) >= 11 is 0. The van der Waals surface area contributed by atoms with Gasteiger partial charge in [-0.3, -0.25) is 9.59 Å². The maximum Gasteiger partial charge on any atom is 0.303 e. The highest BCUT2D eigenvalue weighted by Gasteiger charge is 2.18. The molecule has 1 heterocycles. The molecule has 0 aliphatic rings. The molecule has 124 valence electrons. The van der Waals surface area contributed by atoms with Gasteiger partial charge in [0.05, 0.1) is 12.2 Å². The summed E-state index contributed by atoms with van der Waals surface area (Å²) in [4.78, 5) is 24.8. The molecule has 1 aromatic heterocycles. The second-order valence-corrected chi connectivity index (χ2v) is 5.47. The van der Waals surface area contributed by atoms with Crippen molar-refractivity contribution in [2.75, 3.05) is 27.3 Å². The van der Waals surface area contributed by atoms with Crippen LogP contribution in [0.2, 0.25) is 0 Å². The molecule has 0 aliphatic heterocycles. The van der Waals surface area contributed by atoms with Crippen molar-refractivity contribution in [3.05, 3.63) is 36.0 Å². The summed E-state index contributed by atoms with van der Waals surface area (Å²) in [6, 6.07) is 7.75. The van der Waals surface area contributed by atoms with Gasteiger partial charge in [-0.2, -0.15) is 0 Å². The molecule has 1 N–H and O–H groups in total. The predicted octanol–water partition coefficient (Wildman–Crippen LogP) is 2.22. The first kappa shape index (κ1) is 17.0. The lowest BCUT2D eigenvalue weighted by Gasteiger charge is -2.16. The largest absolute Gasteiger partial charge is 0.481 e. The molecule has 1 aromatic carbocycles. The molecule has 0 saturated heterocycles. The van der Waals surface area contributed by atoms with Gasteiger partial charge >= 0.3 is 5.97 Å². The molecule has 2 aromatic rings. The van der Waals surface area contributed by atoms with Gasteiger partial charge in [-0.05, 0) is 12.5 Å². The molecule has 6 nitrogen and oxygen atoms in total. The highest BCUT2D eigenvalue weighted by molar-refractivity contribution is 6.06. The van der Waals surface area contributed by atoms with Gasteiger partial charge < -0.3 is 19.3 Å². The normalized spacial score (nSPS) is 10.9. The van der Waals surface area contributed by atoms with Gasteiger partial charge in [0.1, 0.15) is 0 Å². The summed E-state index contributed by atoms with van der Waals surface area (Å²) in [7, 11) is 3.35. The van der Waals surface area contributed by atoms with Gasteiger partial charge in [0.2, 0.25) is 0 Å². The van der Waals surface area contributed by atoms with Crippen LogP contribution in [0, 0.1) is 0 Å². The number of para-hydroxylation sites is 1. The Morgan fingerprint density at radius 1 is 1.30 bits per heavy atom. The van der Waals surface area contributed by atoms with Crippen molar-refractivity contribution in [2.24, 2.45) is 0 Å². The molecule has 1 amide bonds. The number of amides is 1. The summed E-state index contributed by atoms with van der Waals surface area (Å²) in [5, 5.41) is 9.59. The number of rotatable bonds is 8. The SMILES string of the molecule is COCCn1cc(C(=O)N(C)CCCC(=O)O)c2ccccc21. The first-order valence-electron chi connectivity index (χ1n) is 7.58. The van der Waals surface area contributed by atoms with Crippen LogP contribution in [0.1, 0.15) is 23.2 Å². The van der Waals surface area contributed by atoms with E-state index in [2.05, 4.69) is 0 Å². The van der Waals surface area contributed by atoms with Crippen molar-refractivity contribution in [3.8, 4) is 0 Å². The van der Waals surface area contributed by atoms with E-state index < -0.39 is 5.97 Å². The zero-order valence-electron chi connectivity index (χ0n) is 13.5. The monoisotopic (exact) mass is 318 g/mol. The van der Waals surface area contributed by atoms with Crippen LogP contribution in [0.5, 0.6) is 0 Å². The number of carboxylic acids is 1. The van der Waals surface area contributed by atoms with E-state index in [4.69, 9.17) is 9.84 Å². The van der Waals surface area contributed by atoms with Crippen LogP contribution in [0.15, 0.2) is 30.5 Å². The molecule has 0 fully saturated rings. The van der Waals surface area contributed by atoms with Crippen molar-refractivity contribution >= 4 is 22.8 Å². The maximum absolute atomic E-state index is 12.7. The fourth-order valence-corrected chi connectivity index (χ4v) is 2.57. The number of aliphatic carboxylic acids is 1. The summed E-state index contributed by atoms with van der Waals surface area (Å²) in [6.45, 7) is 1.66. The first-order valence-corrected chi connectivity index (χ1v) is 7.58. The Bertz CT molecular complexity index is 693. The Kier molecular flexibility index (Phi) is 5.76. The molecule has 0 bridgehead atoms. The van der Waals surface area contributed by atoms with Crippen molar-refractivity contribution in [2.45, 2.75) is 19.4 Å². The Morgan fingerprint density at radius 2 is 2.04 bits per heavy atom. The van der Waals surface area contributed by atoms with Crippen LogP contribution in [-0.2, 0) is 16.1 Å². The lowest BCUT2D eigenvalue weighted by Crippen LogP contribution is -2.28. The molecular weight excluding hydrogens is 296 g/mol. The molecule has 2 rings (SSSR count). The number of aromatic nitrogens is 1. The van der Waals surface area contributed by atoms with E-state index in [-0.39, 0.29) is 12.3 Å². The molecule has 0 spiro atoms. The number of hydrogen-bond donors (Lipinski definition) is 1. The van der Waals surface area contributed by atoms with E-state index in [0.717, 1.165) is 10.9 Å². The molecular formula is C17H22N2O4. The summed E-state index contributed by atoms with van der Waals surface area (Å²) in [6.07, 6.45) is 2.35. The van der Waals surface area contributed by atoms with Gasteiger partial charge in [-0.15, -0.1) is 0 Å². The Balaban J connectivity index is 2.20. The van der Waals surface area contributed by atoms with Crippen molar-refractivity contribution in [1.29, 1.82) is 0 Å². The predicted molar refractivity (Wildman–Crippen MR) is 87.6 cm³/mol. The van der Waals surface area contributed by atoms with Crippen molar-refractivity contribution in [1.82, 2.24) is 9.47 Å². The topological polar surface area (TPSA) is 71.8 Å². The third kappa shape index (κ3) is 4.10. The molecule has 0 radical (unpaired) electrons. The molecule has 0 unspecified atom stereocenters. The molecule has 23 heavy (non-hydrogen) atoms.